The maximum Gasteiger partial charge on any atom is 0.247 e. The lowest BCUT2D eigenvalue weighted by Gasteiger charge is -2.34. The molecule has 0 bridgehead atoms. The summed E-state index contributed by atoms with van der Waals surface area (Å²) < 4.78 is 5.15. The predicted molar refractivity (Wildman–Crippen MR) is 85.1 cm³/mol. The van der Waals surface area contributed by atoms with E-state index in [9.17, 15) is 4.79 Å². The summed E-state index contributed by atoms with van der Waals surface area (Å²) in [5.74, 6) is 0.885. The molecule has 4 heteroatoms. The van der Waals surface area contributed by atoms with E-state index in [0.29, 0.717) is 6.54 Å². The van der Waals surface area contributed by atoms with Gasteiger partial charge in [0.2, 0.25) is 5.91 Å². The van der Waals surface area contributed by atoms with Crippen molar-refractivity contribution in [3.05, 3.63) is 35.9 Å². The number of methoxy groups -OCH3 is 1. The molecule has 1 aromatic carbocycles. The number of carbonyl (C=O) groups is 1. The average Bonchev–Trinajstić information content (AvgIpc) is 2.54. The Hall–Kier alpha value is -1.81. The number of piperidine rings is 1. The van der Waals surface area contributed by atoms with Crippen LogP contribution < -0.4 is 10.5 Å². The molecule has 1 unspecified atom stereocenters. The van der Waals surface area contributed by atoms with Gasteiger partial charge in [-0.1, -0.05) is 12.1 Å². The van der Waals surface area contributed by atoms with Crippen LogP contribution in [0.5, 0.6) is 5.75 Å². The Labute approximate surface area is 126 Å². The van der Waals surface area contributed by atoms with Crippen molar-refractivity contribution in [2.24, 2.45) is 5.73 Å². The highest BCUT2D eigenvalue weighted by Crippen LogP contribution is 2.21. The van der Waals surface area contributed by atoms with Gasteiger partial charge in [-0.2, -0.15) is 0 Å². The molecule has 4 nitrogen and oxygen atoms in total. The van der Waals surface area contributed by atoms with Gasteiger partial charge in [0.05, 0.1) is 7.11 Å². The number of amides is 1. The van der Waals surface area contributed by atoms with E-state index in [0.717, 1.165) is 42.7 Å². The smallest absolute Gasteiger partial charge is 0.247 e. The zero-order chi connectivity index (χ0) is 15.2. The number of allylic oxidation sites excluding steroid dienone is 1. The second-order valence-electron chi connectivity index (χ2n) is 5.47. The second-order valence-corrected chi connectivity index (χ2v) is 5.47. The molecule has 2 rings (SSSR count). The highest BCUT2D eigenvalue weighted by atomic mass is 16.5. The van der Waals surface area contributed by atoms with E-state index in [1.807, 2.05) is 36.1 Å². The third-order valence-corrected chi connectivity index (χ3v) is 4.07. The Morgan fingerprint density at radius 1 is 1.38 bits per heavy atom. The van der Waals surface area contributed by atoms with Crippen molar-refractivity contribution in [3.8, 4) is 5.75 Å². The number of hydrogen-bond donors (Lipinski definition) is 1. The van der Waals surface area contributed by atoms with E-state index in [-0.39, 0.29) is 11.9 Å². The van der Waals surface area contributed by atoms with Crippen LogP contribution in [-0.2, 0) is 4.79 Å². The van der Waals surface area contributed by atoms with Crippen LogP contribution in [0.2, 0.25) is 0 Å². The number of nitrogens with zero attached hydrogens (tertiary/aromatic N) is 1. The van der Waals surface area contributed by atoms with Crippen LogP contribution in [0.1, 0.15) is 31.7 Å². The first-order chi connectivity index (χ1) is 10.2. The fourth-order valence-corrected chi connectivity index (χ4v) is 2.74. The average molecular weight is 288 g/mol. The van der Waals surface area contributed by atoms with Crippen LogP contribution in [0.4, 0.5) is 0 Å². The number of carbonyl (C=O) groups excluding carboxylic acids is 1. The largest absolute Gasteiger partial charge is 0.497 e. The number of benzene rings is 1. The first-order valence-electron chi connectivity index (χ1n) is 7.49. The minimum absolute atomic E-state index is 0.0680. The molecule has 1 aliphatic rings. The maximum atomic E-state index is 12.4. The van der Waals surface area contributed by atoms with Crippen molar-refractivity contribution in [3.63, 3.8) is 0 Å². The molecule has 0 aliphatic carbocycles. The molecule has 1 aliphatic heterocycles. The lowest BCUT2D eigenvalue weighted by atomic mass is 10.0. The normalized spacial score (nSPS) is 19.5. The molecule has 21 heavy (non-hydrogen) atoms. The van der Waals surface area contributed by atoms with Gasteiger partial charge in [0.15, 0.2) is 0 Å². The summed E-state index contributed by atoms with van der Waals surface area (Å²) in [4.78, 5) is 14.4. The lowest BCUT2D eigenvalue weighted by molar-refractivity contribution is -0.129. The van der Waals surface area contributed by atoms with Crippen LogP contribution in [-0.4, -0.2) is 37.0 Å². The third-order valence-electron chi connectivity index (χ3n) is 4.07. The summed E-state index contributed by atoms with van der Waals surface area (Å²) in [5.41, 5.74) is 7.77. The highest BCUT2D eigenvalue weighted by molar-refractivity contribution is 5.95. The molecule has 1 amide bonds. The molecule has 114 valence electrons. The van der Waals surface area contributed by atoms with Gasteiger partial charge in [-0.25, -0.2) is 0 Å². The van der Waals surface area contributed by atoms with Crippen molar-refractivity contribution in [2.45, 2.75) is 32.2 Å². The van der Waals surface area contributed by atoms with Gasteiger partial charge < -0.3 is 15.4 Å². The lowest BCUT2D eigenvalue weighted by Crippen LogP contribution is -2.46. The second kappa shape index (κ2) is 7.27. The van der Waals surface area contributed by atoms with Gasteiger partial charge in [-0.3, -0.25) is 4.79 Å². The molecule has 0 aromatic heterocycles. The van der Waals surface area contributed by atoms with E-state index in [2.05, 4.69) is 0 Å². The third kappa shape index (κ3) is 3.85. The summed E-state index contributed by atoms with van der Waals surface area (Å²) in [6.45, 7) is 3.31. The van der Waals surface area contributed by atoms with Crippen molar-refractivity contribution in [1.29, 1.82) is 0 Å². The van der Waals surface area contributed by atoms with Gasteiger partial charge >= 0.3 is 0 Å². The molecule has 1 heterocycles. The maximum absolute atomic E-state index is 12.4. The molecule has 0 saturated carbocycles. The van der Waals surface area contributed by atoms with E-state index in [1.54, 1.807) is 13.2 Å². The van der Waals surface area contributed by atoms with E-state index in [1.165, 1.54) is 0 Å². The zero-order valence-corrected chi connectivity index (χ0v) is 12.8. The molecule has 1 saturated heterocycles. The molecule has 1 atom stereocenters. The molecule has 1 aromatic rings. The standard InChI is InChI=1S/C17H24N2O2/c1-13(14-6-8-16(21-2)9-7-14)11-17(20)19-10-4-3-5-15(19)12-18/h6-9,11,15H,3-5,10,12,18H2,1-2H3/b13-11+. The van der Waals surface area contributed by atoms with Crippen molar-refractivity contribution >= 4 is 11.5 Å². The number of likely N-dealkylation sites (tertiary alicyclic amines) is 1. The van der Waals surface area contributed by atoms with Gasteiger partial charge in [0.1, 0.15) is 5.75 Å². The summed E-state index contributed by atoms with van der Waals surface area (Å²) in [6, 6.07) is 7.93. The predicted octanol–water partition coefficient (Wildman–Crippen LogP) is 2.44. The van der Waals surface area contributed by atoms with Crippen molar-refractivity contribution in [1.82, 2.24) is 4.90 Å². The fourth-order valence-electron chi connectivity index (χ4n) is 2.74. The first-order valence-corrected chi connectivity index (χ1v) is 7.49. The Balaban J connectivity index is 2.10. The van der Waals surface area contributed by atoms with Crippen LogP contribution in [0, 0.1) is 0 Å². The Morgan fingerprint density at radius 3 is 2.71 bits per heavy atom. The van der Waals surface area contributed by atoms with Crippen LogP contribution in [0.3, 0.4) is 0 Å². The number of hydrogen-bond acceptors (Lipinski definition) is 3. The summed E-state index contributed by atoms with van der Waals surface area (Å²) in [5, 5.41) is 0. The van der Waals surface area contributed by atoms with Gasteiger partial charge in [-0.05, 0) is 49.5 Å². The zero-order valence-electron chi connectivity index (χ0n) is 12.8. The summed E-state index contributed by atoms with van der Waals surface area (Å²) >= 11 is 0. The molecule has 0 spiro atoms. The Morgan fingerprint density at radius 2 is 2.10 bits per heavy atom. The molecular formula is C17H24N2O2. The van der Waals surface area contributed by atoms with Gasteiger partial charge in [0, 0.05) is 25.2 Å². The minimum atomic E-state index is 0.0680. The van der Waals surface area contributed by atoms with Gasteiger partial charge in [0.25, 0.3) is 0 Å². The number of ether oxygens (including phenoxy) is 1. The minimum Gasteiger partial charge on any atom is -0.497 e. The van der Waals surface area contributed by atoms with E-state index in [4.69, 9.17) is 10.5 Å². The molecule has 0 radical (unpaired) electrons. The Bertz CT molecular complexity index is 508. The molecule has 2 N–H and O–H groups in total. The quantitative estimate of drug-likeness (QED) is 0.866. The van der Waals surface area contributed by atoms with Crippen LogP contribution >= 0.6 is 0 Å². The van der Waals surface area contributed by atoms with Crippen LogP contribution in [0.15, 0.2) is 30.3 Å². The SMILES string of the molecule is COc1ccc(/C(C)=C/C(=O)N2CCCCC2CN)cc1. The van der Waals surface area contributed by atoms with Crippen LogP contribution in [0.25, 0.3) is 5.57 Å². The Kier molecular flexibility index (Phi) is 5.39. The molecular weight excluding hydrogens is 264 g/mol. The topological polar surface area (TPSA) is 55.6 Å². The fraction of sp³-hybridized carbons (Fsp3) is 0.471. The first kappa shape index (κ1) is 15.6. The monoisotopic (exact) mass is 288 g/mol. The number of rotatable bonds is 4. The van der Waals surface area contributed by atoms with Gasteiger partial charge in [-0.15, -0.1) is 0 Å². The highest BCUT2D eigenvalue weighted by Gasteiger charge is 2.24. The van der Waals surface area contributed by atoms with Crippen molar-refractivity contribution in [2.75, 3.05) is 20.2 Å². The van der Waals surface area contributed by atoms with Crippen molar-refractivity contribution < 1.29 is 9.53 Å². The summed E-state index contributed by atoms with van der Waals surface area (Å²) in [6.07, 6.45) is 4.96. The number of nitrogens with two attached hydrogens (primary N) is 1. The molecule has 1 fully saturated rings. The summed E-state index contributed by atoms with van der Waals surface area (Å²) in [7, 11) is 1.64. The van der Waals surface area contributed by atoms with E-state index >= 15 is 0 Å². The van der Waals surface area contributed by atoms with E-state index < -0.39 is 0 Å².